The first-order valence-electron chi connectivity index (χ1n) is 12.7. The number of Topliss-reactive ketones (excluding diaryl/α,β-unsaturated/α-hetero) is 1. The van der Waals surface area contributed by atoms with Crippen molar-refractivity contribution in [3.63, 3.8) is 0 Å². The van der Waals surface area contributed by atoms with E-state index in [4.69, 9.17) is 18.9 Å². The molecular weight excluding hydrogens is 470 g/mol. The third-order valence-corrected chi connectivity index (χ3v) is 5.33. The molecule has 3 amide bonds. The van der Waals surface area contributed by atoms with Crippen LogP contribution in [0.5, 0.6) is 0 Å². The minimum absolute atomic E-state index is 0.0751. The van der Waals surface area contributed by atoms with Gasteiger partial charge in [-0.05, 0) is 26.2 Å². The van der Waals surface area contributed by atoms with Gasteiger partial charge in [0.15, 0.2) is 5.78 Å². The van der Waals surface area contributed by atoms with Crippen LogP contribution in [0.1, 0.15) is 53.9 Å². The van der Waals surface area contributed by atoms with Crippen LogP contribution in [0.4, 0.5) is 0 Å². The molecule has 0 aliphatic heterocycles. The van der Waals surface area contributed by atoms with Gasteiger partial charge in [-0.3, -0.25) is 19.2 Å². The molecule has 210 valence electrons. The molecule has 0 aromatic rings. The van der Waals surface area contributed by atoms with Crippen molar-refractivity contribution in [1.82, 2.24) is 15.5 Å². The molecule has 0 heterocycles. The maximum Gasteiger partial charge on any atom is 0.243 e. The molecule has 0 spiro atoms. The van der Waals surface area contributed by atoms with Gasteiger partial charge in [0.05, 0.1) is 58.7 Å². The Hall–Kier alpha value is -2.08. The van der Waals surface area contributed by atoms with Crippen molar-refractivity contribution in [2.24, 2.45) is 5.92 Å². The number of nitrogens with zero attached hydrogens (tertiary/aromatic N) is 1. The van der Waals surface area contributed by atoms with E-state index in [1.54, 1.807) is 18.9 Å². The summed E-state index contributed by atoms with van der Waals surface area (Å²) in [4.78, 5) is 50.7. The van der Waals surface area contributed by atoms with Crippen molar-refractivity contribution in [1.29, 1.82) is 0 Å². The summed E-state index contributed by atoms with van der Waals surface area (Å²) in [5, 5.41) is 5.36. The second-order valence-electron chi connectivity index (χ2n) is 8.84. The summed E-state index contributed by atoms with van der Waals surface area (Å²) < 4.78 is 21.0. The lowest BCUT2D eigenvalue weighted by Crippen LogP contribution is -2.53. The molecule has 2 N–H and O–H groups in total. The van der Waals surface area contributed by atoms with E-state index in [-0.39, 0.29) is 49.5 Å². The monoisotopic (exact) mass is 517 g/mol. The molecular formula is C25H47N3O8. The molecule has 2 atom stereocenters. The molecule has 0 aromatic carbocycles. The molecule has 0 fully saturated rings. The number of nitrogens with one attached hydrogen (secondary N) is 2. The molecule has 0 unspecified atom stereocenters. The summed E-state index contributed by atoms with van der Waals surface area (Å²) in [5.74, 6) is -1.14. The smallest absolute Gasteiger partial charge is 0.243 e. The Morgan fingerprint density at radius 2 is 1.33 bits per heavy atom. The third-order valence-electron chi connectivity index (χ3n) is 5.33. The van der Waals surface area contributed by atoms with Crippen molar-refractivity contribution in [3.8, 4) is 0 Å². The molecule has 36 heavy (non-hydrogen) atoms. The van der Waals surface area contributed by atoms with E-state index in [1.165, 1.54) is 6.92 Å². The van der Waals surface area contributed by atoms with Crippen LogP contribution >= 0.6 is 0 Å². The van der Waals surface area contributed by atoms with Crippen LogP contribution in [0.3, 0.4) is 0 Å². The minimum atomic E-state index is -0.762. The lowest BCUT2D eigenvalue weighted by atomic mass is 10.0. The second-order valence-corrected chi connectivity index (χ2v) is 8.84. The van der Waals surface area contributed by atoms with Gasteiger partial charge in [0.2, 0.25) is 17.7 Å². The first-order chi connectivity index (χ1) is 17.1. The van der Waals surface area contributed by atoms with E-state index >= 15 is 0 Å². The lowest BCUT2D eigenvalue weighted by molar-refractivity contribution is -0.134. The number of hydrogen-bond acceptors (Lipinski definition) is 8. The Kier molecular flexibility index (Phi) is 19.8. The van der Waals surface area contributed by atoms with Crippen molar-refractivity contribution >= 4 is 23.5 Å². The summed E-state index contributed by atoms with van der Waals surface area (Å²) >= 11 is 0. The summed E-state index contributed by atoms with van der Waals surface area (Å²) in [6.07, 6.45) is 1.04. The highest BCUT2D eigenvalue weighted by Crippen LogP contribution is 2.05. The Labute approximate surface area is 215 Å². The standard InChI is InChI=1S/C25H47N3O8/c1-7-10-28(23(31)9-12-34-15-16-36-18-17-35-14-13-33-6)11-8-22(30)27-24(19(2)3)25(32)26-20(4)21(5)29/h19-20,24H,7-18H2,1-6H3,(H,26,32)(H,27,30)/t20-,24-/m0/s1. The van der Waals surface area contributed by atoms with E-state index in [0.717, 1.165) is 6.42 Å². The highest BCUT2D eigenvalue weighted by molar-refractivity contribution is 5.92. The largest absolute Gasteiger partial charge is 0.382 e. The van der Waals surface area contributed by atoms with Gasteiger partial charge in [-0.1, -0.05) is 20.8 Å². The Morgan fingerprint density at radius 3 is 1.83 bits per heavy atom. The normalized spacial score (nSPS) is 12.8. The first-order valence-corrected chi connectivity index (χ1v) is 12.7. The number of hydrogen-bond donors (Lipinski definition) is 2. The molecule has 11 heteroatoms. The molecule has 11 nitrogen and oxygen atoms in total. The van der Waals surface area contributed by atoms with Gasteiger partial charge in [-0.25, -0.2) is 0 Å². The maximum absolute atomic E-state index is 12.6. The van der Waals surface area contributed by atoms with Crippen LogP contribution < -0.4 is 10.6 Å². The summed E-state index contributed by atoms with van der Waals surface area (Å²) in [7, 11) is 1.62. The number of methoxy groups -OCH3 is 1. The SMILES string of the molecule is CCCN(CCC(=O)N[C@H](C(=O)N[C@@H](C)C(C)=O)C(C)C)C(=O)CCOCCOCCOCCOC. The molecule has 0 aromatic heterocycles. The second kappa shape index (κ2) is 21.0. The predicted octanol–water partition coefficient (Wildman–Crippen LogP) is 0.936. The number of ketones is 1. The summed E-state index contributed by atoms with van der Waals surface area (Å²) in [5.41, 5.74) is 0. The highest BCUT2D eigenvalue weighted by atomic mass is 16.6. The number of carbonyl (C=O) groups excluding carboxylic acids is 4. The molecule has 0 aliphatic rings. The predicted molar refractivity (Wildman–Crippen MR) is 135 cm³/mol. The number of ether oxygens (including phenoxy) is 4. The fourth-order valence-corrected chi connectivity index (χ4v) is 3.05. The van der Waals surface area contributed by atoms with Crippen LogP contribution in [0, 0.1) is 5.92 Å². The maximum atomic E-state index is 12.6. The highest BCUT2D eigenvalue weighted by Gasteiger charge is 2.26. The van der Waals surface area contributed by atoms with Crippen molar-refractivity contribution in [2.45, 2.75) is 66.0 Å². The van der Waals surface area contributed by atoms with Gasteiger partial charge in [0, 0.05) is 26.6 Å². The zero-order valence-electron chi connectivity index (χ0n) is 22.9. The fraction of sp³-hybridized carbons (Fsp3) is 0.840. The van der Waals surface area contributed by atoms with Crippen LogP contribution in [0.15, 0.2) is 0 Å². The quantitative estimate of drug-likeness (QED) is 0.203. The zero-order valence-corrected chi connectivity index (χ0v) is 22.9. The van der Waals surface area contributed by atoms with Crippen LogP contribution in [-0.2, 0) is 38.1 Å². The van der Waals surface area contributed by atoms with E-state index < -0.39 is 18.0 Å². The Morgan fingerprint density at radius 1 is 0.778 bits per heavy atom. The molecule has 0 saturated carbocycles. The van der Waals surface area contributed by atoms with Crippen molar-refractivity contribution in [2.75, 3.05) is 66.4 Å². The topological polar surface area (TPSA) is 133 Å². The van der Waals surface area contributed by atoms with Crippen LogP contribution in [-0.4, -0.2) is 107 Å². The number of carbonyl (C=O) groups is 4. The average Bonchev–Trinajstić information content (AvgIpc) is 2.82. The Bertz CT molecular complexity index is 645. The number of rotatable bonds is 22. The zero-order chi connectivity index (χ0) is 27.3. The van der Waals surface area contributed by atoms with Gasteiger partial charge in [-0.2, -0.15) is 0 Å². The number of amides is 3. The Balaban J connectivity index is 4.34. The first kappa shape index (κ1) is 33.9. The minimum Gasteiger partial charge on any atom is -0.382 e. The summed E-state index contributed by atoms with van der Waals surface area (Å²) in [6, 6.07) is -1.38. The van der Waals surface area contributed by atoms with Gasteiger partial charge in [0.1, 0.15) is 6.04 Å². The lowest BCUT2D eigenvalue weighted by Gasteiger charge is -2.25. The molecule has 0 bridgehead atoms. The fourth-order valence-electron chi connectivity index (χ4n) is 3.05. The van der Waals surface area contributed by atoms with E-state index in [0.29, 0.717) is 46.2 Å². The van der Waals surface area contributed by atoms with Crippen LogP contribution in [0.25, 0.3) is 0 Å². The average molecular weight is 518 g/mol. The van der Waals surface area contributed by atoms with Gasteiger partial charge >= 0.3 is 0 Å². The molecule has 0 radical (unpaired) electrons. The van der Waals surface area contributed by atoms with E-state index in [9.17, 15) is 19.2 Å². The third kappa shape index (κ3) is 16.6. The van der Waals surface area contributed by atoms with Crippen molar-refractivity contribution < 1.29 is 38.1 Å². The van der Waals surface area contributed by atoms with Gasteiger partial charge < -0.3 is 34.5 Å². The summed E-state index contributed by atoms with van der Waals surface area (Å²) in [6.45, 7) is 12.5. The van der Waals surface area contributed by atoms with Gasteiger partial charge in [-0.15, -0.1) is 0 Å². The molecule has 0 aliphatic carbocycles. The van der Waals surface area contributed by atoms with Gasteiger partial charge in [0.25, 0.3) is 0 Å². The van der Waals surface area contributed by atoms with Crippen molar-refractivity contribution in [3.05, 3.63) is 0 Å². The molecule has 0 rings (SSSR count). The molecule has 0 saturated heterocycles. The van der Waals surface area contributed by atoms with Crippen LogP contribution in [0.2, 0.25) is 0 Å². The van der Waals surface area contributed by atoms with E-state index in [2.05, 4.69) is 10.6 Å². The van der Waals surface area contributed by atoms with E-state index in [1.807, 2.05) is 20.8 Å².